The summed E-state index contributed by atoms with van der Waals surface area (Å²) in [5.74, 6) is 0.735. The van der Waals surface area contributed by atoms with Crippen molar-refractivity contribution in [2.45, 2.75) is 10.8 Å². The number of hydrogen-bond donors (Lipinski definition) is 0. The minimum absolute atomic E-state index is 0.416. The second kappa shape index (κ2) is 6.10. The van der Waals surface area contributed by atoms with Gasteiger partial charge in [0.15, 0.2) is 0 Å². The highest BCUT2D eigenvalue weighted by atomic mass is 35.5. The maximum absolute atomic E-state index is 8.87. The summed E-state index contributed by atoms with van der Waals surface area (Å²) in [6.07, 6.45) is 1.59. The summed E-state index contributed by atoms with van der Waals surface area (Å²) in [7, 11) is 0. The fraction of sp³-hybridized carbons (Fsp3) is 0.0769. The topological polar surface area (TPSA) is 36.7 Å². The summed E-state index contributed by atoms with van der Waals surface area (Å²) in [6.45, 7) is 0. The average molecular weight is 295 g/mol. The number of thioether (sulfide) groups is 1. The molecule has 0 bridgehead atoms. The molecule has 0 saturated carbocycles. The lowest BCUT2D eigenvalue weighted by Crippen LogP contribution is -1.87. The van der Waals surface area contributed by atoms with E-state index in [1.165, 1.54) is 11.8 Å². The second-order valence-corrected chi connectivity index (χ2v) is 5.28. The number of aromatic nitrogens is 1. The highest BCUT2D eigenvalue weighted by Gasteiger charge is 2.07. The number of halogens is 2. The molecule has 0 aliphatic carbocycles. The molecule has 0 fully saturated rings. The van der Waals surface area contributed by atoms with Crippen LogP contribution in [0.5, 0.6) is 0 Å². The molecule has 1 aromatic heterocycles. The molecular weight excluding hydrogens is 287 g/mol. The zero-order valence-electron chi connectivity index (χ0n) is 9.23. The normalized spacial score (nSPS) is 10.1. The summed E-state index contributed by atoms with van der Waals surface area (Å²) in [4.78, 5) is 4.17. The lowest BCUT2D eigenvalue weighted by Gasteiger charge is -2.04. The van der Waals surface area contributed by atoms with Gasteiger partial charge in [0.2, 0.25) is 0 Å². The maximum atomic E-state index is 8.87. The number of benzene rings is 1. The Morgan fingerprint density at radius 2 is 1.89 bits per heavy atom. The molecule has 2 aromatic rings. The molecule has 0 N–H and O–H groups in total. The highest BCUT2D eigenvalue weighted by Crippen LogP contribution is 2.30. The van der Waals surface area contributed by atoms with E-state index in [-0.39, 0.29) is 0 Å². The van der Waals surface area contributed by atoms with E-state index in [1.54, 1.807) is 12.3 Å². The van der Waals surface area contributed by atoms with Gasteiger partial charge in [0, 0.05) is 17.0 Å². The van der Waals surface area contributed by atoms with Crippen molar-refractivity contribution in [1.82, 2.24) is 4.98 Å². The molecule has 0 aliphatic rings. The standard InChI is InChI=1S/C13H8Cl2N2S/c14-11-3-1-9(2-4-11)8-18-13-12(15)10(7-16)5-6-17-13/h1-6H,8H2. The number of nitriles is 1. The third-order valence-electron chi connectivity index (χ3n) is 2.27. The fourth-order valence-electron chi connectivity index (χ4n) is 1.34. The van der Waals surface area contributed by atoms with Gasteiger partial charge in [0.25, 0.3) is 0 Å². The number of nitrogens with zero attached hydrogens (tertiary/aromatic N) is 2. The van der Waals surface area contributed by atoms with Crippen molar-refractivity contribution in [3.05, 3.63) is 57.7 Å². The van der Waals surface area contributed by atoms with Gasteiger partial charge in [-0.05, 0) is 23.8 Å². The number of rotatable bonds is 3. The van der Waals surface area contributed by atoms with Crippen LogP contribution in [-0.4, -0.2) is 4.98 Å². The molecule has 0 radical (unpaired) electrons. The molecule has 0 aliphatic heterocycles. The van der Waals surface area contributed by atoms with Crippen LogP contribution in [0.1, 0.15) is 11.1 Å². The van der Waals surface area contributed by atoms with Gasteiger partial charge in [0.1, 0.15) is 11.1 Å². The summed E-state index contributed by atoms with van der Waals surface area (Å²) in [5.41, 5.74) is 1.58. The van der Waals surface area contributed by atoms with Gasteiger partial charge in [-0.1, -0.05) is 35.3 Å². The minimum atomic E-state index is 0.416. The molecule has 0 spiro atoms. The Hall–Kier alpha value is -1.21. The van der Waals surface area contributed by atoms with Gasteiger partial charge in [-0.2, -0.15) is 5.26 Å². The largest absolute Gasteiger partial charge is 0.248 e. The van der Waals surface area contributed by atoms with Gasteiger partial charge in [0.05, 0.1) is 10.6 Å². The van der Waals surface area contributed by atoms with Crippen molar-refractivity contribution in [3.8, 4) is 6.07 Å². The molecule has 2 rings (SSSR count). The van der Waals surface area contributed by atoms with E-state index in [0.29, 0.717) is 20.6 Å². The molecule has 0 amide bonds. The predicted octanol–water partition coefficient (Wildman–Crippen LogP) is 4.55. The first-order valence-electron chi connectivity index (χ1n) is 5.12. The van der Waals surface area contributed by atoms with Crippen LogP contribution in [0.3, 0.4) is 0 Å². The predicted molar refractivity (Wildman–Crippen MR) is 75.0 cm³/mol. The Labute approximate surface area is 120 Å². The Morgan fingerprint density at radius 1 is 1.17 bits per heavy atom. The zero-order valence-corrected chi connectivity index (χ0v) is 11.6. The zero-order chi connectivity index (χ0) is 13.0. The minimum Gasteiger partial charge on any atom is -0.248 e. The van der Waals surface area contributed by atoms with Gasteiger partial charge >= 0.3 is 0 Å². The van der Waals surface area contributed by atoms with E-state index < -0.39 is 0 Å². The Balaban J connectivity index is 2.11. The molecule has 18 heavy (non-hydrogen) atoms. The molecule has 0 unspecified atom stereocenters. The van der Waals surface area contributed by atoms with Crippen LogP contribution in [-0.2, 0) is 5.75 Å². The quantitative estimate of drug-likeness (QED) is 0.779. The summed E-state index contributed by atoms with van der Waals surface area (Å²) in [5, 5.41) is 10.7. The third kappa shape index (κ3) is 3.17. The fourth-order valence-corrected chi connectivity index (χ4v) is 2.66. The number of hydrogen-bond acceptors (Lipinski definition) is 3. The Bertz CT molecular complexity index is 591. The first-order chi connectivity index (χ1) is 8.70. The van der Waals surface area contributed by atoms with Gasteiger partial charge in [-0.3, -0.25) is 0 Å². The van der Waals surface area contributed by atoms with Crippen molar-refractivity contribution in [2.75, 3.05) is 0 Å². The SMILES string of the molecule is N#Cc1ccnc(SCc2ccc(Cl)cc2)c1Cl. The van der Waals surface area contributed by atoms with E-state index in [9.17, 15) is 0 Å². The molecule has 1 aromatic carbocycles. The van der Waals surface area contributed by atoms with Crippen LogP contribution >= 0.6 is 35.0 Å². The van der Waals surface area contributed by atoms with Crippen LogP contribution in [0.4, 0.5) is 0 Å². The lowest BCUT2D eigenvalue weighted by atomic mass is 10.2. The molecule has 1 heterocycles. The van der Waals surface area contributed by atoms with Gasteiger partial charge < -0.3 is 0 Å². The first-order valence-corrected chi connectivity index (χ1v) is 6.86. The van der Waals surface area contributed by atoms with Crippen LogP contribution in [0, 0.1) is 11.3 Å². The summed E-state index contributed by atoms with van der Waals surface area (Å²) >= 11 is 13.4. The molecule has 2 nitrogen and oxygen atoms in total. The molecule has 90 valence electrons. The molecule has 5 heteroatoms. The number of pyridine rings is 1. The highest BCUT2D eigenvalue weighted by molar-refractivity contribution is 7.98. The molecule has 0 saturated heterocycles. The van der Waals surface area contributed by atoms with E-state index >= 15 is 0 Å². The smallest absolute Gasteiger partial charge is 0.116 e. The summed E-state index contributed by atoms with van der Waals surface area (Å²) in [6, 6.07) is 11.2. The van der Waals surface area contributed by atoms with Crippen molar-refractivity contribution in [3.63, 3.8) is 0 Å². The van der Waals surface area contributed by atoms with E-state index in [4.69, 9.17) is 28.5 Å². The lowest BCUT2D eigenvalue weighted by molar-refractivity contribution is 1.12. The first kappa shape index (κ1) is 13.2. The van der Waals surface area contributed by atoms with Crippen molar-refractivity contribution in [2.24, 2.45) is 0 Å². The van der Waals surface area contributed by atoms with Crippen molar-refractivity contribution >= 4 is 35.0 Å². The van der Waals surface area contributed by atoms with Gasteiger partial charge in [-0.25, -0.2) is 4.98 Å². The van der Waals surface area contributed by atoms with Crippen LogP contribution in [0.15, 0.2) is 41.6 Å². The Morgan fingerprint density at radius 3 is 2.56 bits per heavy atom. The van der Waals surface area contributed by atoms with E-state index in [1.807, 2.05) is 30.3 Å². The maximum Gasteiger partial charge on any atom is 0.116 e. The molecular formula is C13H8Cl2N2S. The van der Waals surface area contributed by atoms with Gasteiger partial charge in [-0.15, -0.1) is 11.8 Å². The van der Waals surface area contributed by atoms with Crippen LogP contribution in [0.25, 0.3) is 0 Å². The third-order valence-corrected chi connectivity index (χ3v) is 4.07. The van der Waals surface area contributed by atoms with Crippen molar-refractivity contribution < 1.29 is 0 Å². The summed E-state index contributed by atoms with van der Waals surface area (Å²) < 4.78 is 0. The second-order valence-electron chi connectivity index (χ2n) is 3.50. The van der Waals surface area contributed by atoms with Crippen LogP contribution in [0.2, 0.25) is 10.0 Å². The van der Waals surface area contributed by atoms with Crippen molar-refractivity contribution in [1.29, 1.82) is 5.26 Å². The monoisotopic (exact) mass is 294 g/mol. The van der Waals surface area contributed by atoms with Crippen LogP contribution < -0.4 is 0 Å². The van der Waals surface area contributed by atoms with E-state index in [2.05, 4.69) is 4.98 Å². The Kier molecular flexibility index (Phi) is 4.48. The molecule has 0 atom stereocenters. The van der Waals surface area contributed by atoms with E-state index in [0.717, 1.165) is 11.3 Å². The average Bonchev–Trinajstić information content (AvgIpc) is 2.39.